The van der Waals surface area contributed by atoms with Crippen molar-refractivity contribution in [3.8, 4) is 0 Å². The third-order valence-electron chi connectivity index (χ3n) is 7.51. The summed E-state index contributed by atoms with van der Waals surface area (Å²) in [5, 5.41) is 20.9. The number of para-hydroxylation sites is 1. The third-order valence-corrected chi connectivity index (χ3v) is 7.51. The quantitative estimate of drug-likeness (QED) is 0.314. The number of hydrogen-bond donors (Lipinski definition) is 3. The normalized spacial score (nSPS) is 17.8. The fraction of sp³-hybridized carbons (Fsp3) is 0.433. The van der Waals surface area contributed by atoms with Crippen molar-refractivity contribution in [2.45, 2.75) is 71.6 Å². The summed E-state index contributed by atoms with van der Waals surface area (Å²) in [6.45, 7) is 7.87. The number of amides is 3. The Bertz CT molecular complexity index is 1390. The molecule has 10 nitrogen and oxygen atoms in total. The molecule has 3 N–H and O–H groups in total. The van der Waals surface area contributed by atoms with E-state index in [4.69, 9.17) is 0 Å². The highest BCUT2D eigenvalue weighted by Crippen LogP contribution is 2.38. The number of nitrogens with one attached hydrogen (secondary N) is 2. The second-order valence-electron chi connectivity index (χ2n) is 11.2. The predicted octanol–water partition coefficient (Wildman–Crippen LogP) is 4.75. The van der Waals surface area contributed by atoms with E-state index in [0.29, 0.717) is 30.2 Å². The molecule has 3 amide bonds. The first-order chi connectivity index (χ1) is 19.0. The highest BCUT2D eigenvalue weighted by molar-refractivity contribution is 6.38. The number of H-pyrrole nitrogens is 1. The van der Waals surface area contributed by atoms with Crippen molar-refractivity contribution in [3.63, 3.8) is 0 Å². The Morgan fingerprint density at radius 3 is 2.48 bits per heavy atom. The van der Waals surface area contributed by atoms with Crippen LogP contribution >= 0.6 is 0 Å². The van der Waals surface area contributed by atoms with Gasteiger partial charge in [-0.3, -0.25) is 24.4 Å². The average Bonchev–Trinajstić information content (AvgIpc) is 3.50. The number of nitrogens with zero attached hydrogens (tertiary/aromatic N) is 3. The van der Waals surface area contributed by atoms with Gasteiger partial charge < -0.3 is 15.3 Å². The Morgan fingerprint density at radius 1 is 1.12 bits per heavy atom. The zero-order valence-electron chi connectivity index (χ0n) is 23.4. The minimum Gasteiger partial charge on any atom is -0.465 e. The fourth-order valence-electron chi connectivity index (χ4n) is 5.46. The van der Waals surface area contributed by atoms with Crippen LogP contribution in [0.25, 0.3) is 10.9 Å². The molecule has 0 saturated carbocycles. The molecule has 4 rings (SSSR count). The van der Waals surface area contributed by atoms with Gasteiger partial charge in [0, 0.05) is 11.9 Å². The molecule has 3 atom stereocenters. The molecule has 2 unspecified atom stereocenters. The van der Waals surface area contributed by atoms with Crippen LogP contribution in [0.2, 0.25) is 0 Å². The molecule has 212 valence electrons. The zero-order valence-corrected chi connectivity index (χ0v) is 23.4. The lowest BCUT2D eigenvalue weighted by molar-refractivity contribution is -0.142. The summed E-state index contributed by atoms with van der Waals surface area (Å²) in [5.41, 5.74) is 1.28. The number of aromatic nitrogens is 2. The van der Waals surface area contributed by atoms with Gasteiger partial charge >= 0.3 is 6.09 Å². The number of Topliss-reactive ketones (excluding diaryl/α,β-unsaturated/α-hetero) is 1. The number of rotatable bonds is 10. The van der Waals surface area contributed by atoms with Crippen molar-refractivity contribution >= 4 is 34.6 Å². The molecule has 1 fully saturated rings. The molecule has 0 radical (unpaired) electrons. The van der Waals surface area contributed by atoms with Crippen molar-refractivity contribution in [1.82, 2.24) is 25.3 Å². The molecule has 0 spiro atoms. The fourth-order valence-corrected chi connectivity index (χ4v) is 5.46. The number of carbonyl (C=O) groups is 4. The van der Waals surface area contributed by atoms with Crippen molar-refractivity contribution in [3.05, 3.63) is 65.9 Å². The van der Waals surface area contributed by atoms with Crippen LogP contribution in [0.4, 0.5) is 4.79 Å². The van der Waals surface area contributed by atoms with Crippen LogP contribution in [-0.4, -0.2) is 67.5 Å². The van der Waals surface area contributed by atoms with E-state index in [-0.39, 0.29) is 18.7 Å². The third kappa shape index (κ3) is 6.00. The van der Waals surface area contributed by atoms with E-state index in [9.17, 15) is 24.3 Å². The molecular formula is C30H37N5O5. The highest BCUT2D eigenvalue weighted by atomic mass is 16.4. The van der Waals surface area contributed by atoms with Gasteiger partial charge in [0.05, 0.1) is 11.6 Å². The van der Waals surface area contributed by atoms with Crippen LogP contribution in [0.1, 0.15) is 75.5 Å². The van der Waals surface area contributed by atoms with Crippen molar-refractivity contribution in [2.75, 3.05) is 6.54 Å². The number of aromatic amines is 1. The minimum atomic E-state index is -1.36. The Morgan fingerprint density at radius 2 is 1.80 bits per heavy atom. The van der Waals surface area contributed by atoms with Gasteiger partial charge in [0.2, 0.25) is 5.78 Å². The summed E-state index contributed by atoms with van der Waals surface area (Å²) in [4.78, 5) is 56.0. The van der Waals surface area contributed by atoms with E-state index < -0.39 is 47.4 Å². The maximum absolute atomic E-state index is 13.8. The molecule has 3 aromatic rings. The van der Waals surface area contributed by atoms with E-state index in [2.05, 4.69) is 15.5 Å². The van der Waals surface area contributed by atoms with E-state index in [1.54, 1.807) is 19.1 Å². The predicted molar refractivity (Wildman–Crippen MR) is 150 cm³/mol. The molecule has 1 saturated heterocycles. The van der Waals surface area contributed by atoms with Crippen LogP contribution in [0.5, 0.6) is 0 Å². The average molecular weight is 548 g/mol. The first-order valence-corrected chi connectivity index (χ1v) is 13.7. The smallest absolute Gasteiger partial charge is 0.409 e. The Balaban J connectivity index is 1.66. The molecule has 10 heteroatoms. The summed E-state index contributed by atoms with van der Waals surface area (Å²) in [7, 11) is 0. The van der Waals surface area contributed by atoms with E-state index in [0.717, 1.165) is 10.5 Å². The monoisotopic (exact) mass is 547 g/mol. The van der Waals surface area contributed by atoms with Crippen molar-refractivity contribution < 1.29 is 24.3 Å². The lowest BCUT2D eigenvalue weighted by atomic mass is 9.91. The maximum Gasteiger partial charge on any atom is 0.409 e. The minimum absolute atomic E-state index is 0.166. The lowest BCUT2D eigenvalue weighted by Gasteiger charge is -2.37. The SMILES string of the molecule is CCCCC(C(=O)C(=O)N[C@H](C)c1ccccc1)N(C(=O)O)C1CC(C)(C)CN1C(=O)c1n[nH]c2ccccc12. The molecule has 1 aliphatic rings. The second-order valence-corrected chi connectivity index (χ2v) is 11.2. The Kier molecular flexibility index (Phi) is 8.56. The molecule has 1 aromatic heterocycles. The molecule has 0 bridgehead atoms. The number of carbonyl (C=O) groups excluding carboxylic acids is 3. The van der Waals surface area contributed by atoms with Gasteiger partial charge in [-0.2, -0.15) is 5.10 Å². The van der Waals surface area contributed by atoms with Gasteiger partial charge in [0.15, 0.2) is 5.69 Å². The molecule has 2 aromatic carbocycles. The van der Waals surface area contributed by atoms with Crippen LogP contribution in [-0.2, 0) is 9.59 Å². The standard InChI is InChI=1S/C30H37N5O5/c1-5-6-16-23(26(36)27(37)31-19(2)20-12-8-7-9-13-20)35(29(39)40)24-17-30(3,4)18-34(24)28(38)25-21-14-10-11-15-22(21)32-33-25/h7-15,19,23-24H,5-6,16-18H2,1-4H3,(H,31,37)(H,32,33)(H,39,40)/t19-,23?,24?/m1/s1. The highest BCUT2D eigenvalue weighted by Gasteiger charge is 2.49. The largest absolute Gasteiger partial charge is 0.465 e. The Hall–Kier alpha value is -4.21. The first-order valence-electron chi connectivity index (χ1n) is 13.7. The van der Waals surface area contributed by atoms with Gasteiger partial charge in [0.1, 0.15) is 12.2 Å². The molecule has 0 aliphatic carbocycles. The molecule has 40 heavy (non-hydrogen) atoms. The summed E-state index contributed by atoms with van der Waals surface area (Å²) >= 11 is 0. The maximum atomic E-state index is 13.8. The summed E-state index contributed by atoms with van der Waals surface area (Å²) in [6, 6.07) is 14.8. The molecule has 2 heterocycles. The first kappa shape index (κ1) is 28.8. The van der Waals surface area contributed by atoms with Crippen molar-refractivity contribution in [1.29, 1.82) is 0 Å². The van der Waals surface area contributed by atoms with Gasteiger partial charge in [-0.25, -0.2) is 4.79 Å². The van der Waals surface area contributed by atoms with Crippen molar-refractivity contribution in [2.24, 2.45) is 5.41 Å². The zero-order chi connectivity index (χ0) is 29.0. The van der Waals surface area contributed by atoms with E-state index in [1.165, 1.54) is 4.90 Å². The summed E-state index contributed by atoms with van der Waals surface area (Å²) in [5.74, 6) is -2.11. The van der Waals surface area contributed by atoms with Gasteiger partial charge in [-0.1, -0.05) is 82.1 Å². The number of fused-ring (bicyclic) bond motifs is 1. The molecular weight excluding hydrogens is 510 g/mol. The van der Waals surface area contributed by atoms with Gasteiger partial charge in [-0.05, 0) is 36.8 Å². The summed E-state index contributed by atoms with van der Waals surface area (Å²) < 4.78 is 0. The topological polar surface area (TPSA) is 136 Å². The van der Waals surface area contributed by atoms with E-state index in [1.807, 2.05) is 63.2 Å². The van der Waals surface area contributed by atoms with Crippen LogP contribution in [0.15, 0.2) is 54.6 Å². The number of benzene rings is 2. The summed E-state index contributed by atoms with van der Waals surface area (Å²) in [6.07, 6.45) is -0.580. The lowest BCUT2D eigenvalue weighted by Crippen LogP contribution is -2.58. The van der Waals surface area contributed by atoms with Crippen LogP contribution in [0, 0.1) is 5.41 Å². The van der Waals surface area contributed by atoms with Gasteiger partial charge in [0.25, 0.3) is 11.8 Å². The second kappa shape index (κ2) is 11.9. The molecule has 1 aliphatic heterocycles. The van der Waals surface area contributed by atoms with Gasteiger partial charge in [-0.15, -0.1) is 0 Å². The number of carboxylic acid groups (broad SMARTS) is 1. The Labute approximate surface area is 233 Å². The number of unbranched alkanes of at least 4 members (excludes halogenated alkanes) is 1. The number of hydrogen-bond acceptors (Lipinski definition) is 5. The van der Waals surface area contributed by atoms with Crippen LogP contribution < -0.4 is 5.32 Å². The number of likely N-dealkylation sites (tertiary alicyclic amines) is 1. The van der Waals surface area contributed by atoms with Crippen LogP contribution in [0.3, 0.4) is 0 Å². The van der Waals surface area contributed by atoms with E-state index >= 15 is 0 Å². The number of ketones is 1.